The molecular weight excluding hydrogens is 342 g/mol. The first kappa shape index (κ1) is 16.5. The molecular formula is C20H23N5O2. The first-order chi connectivity index (χ1) is 13.4. The first-order valence-corrected chi connectivity index (χ1v) is 9.57. The highest BCUT2D eigenvalue weighted by atomic mass is 16.6. The summed E-state index contributed by atoms with van der Waals surface area (Å²) < 4.78 is 13.4. The Morgan fingerprint density at radius 1 is 1.15 bits per heavy atom. The van der Waals surface area contributed by atoms with Crippen molar-refractivity contribution >= 4 is 11.5 Å². The fourth-order valence-corrected chi connectivity index (χ4v) is 3.49. The zero-order valence-corrected chi connectivity index (χ0v) is 15.1. The standard InChI is InChI=1S/C20H23N5O2/c1-4-14-12-15(5-1)26-11-3-9-22-20-17(27-20)6-2-8-21-18-7-10-25-19(24-18)16(14)13-23-25/h1,4-5,7,10,12-13,17,20,22H,2-3,6,8-9,11H2,(H,21,24). The molecule has 0 spiro atoms. The van der Waals surface area contributed by atoms with Crippen LogP contribution < -0.4 is 15.4 Å². The maximum absolute atomic E-state index is 5.93. The quantitative estimate of drug-likeness (QED) is 0.597. The second-order valence-electron chi connectivity index (χ2n) is 6.99. The Hall–Kier alpha value is -2.64. The minimum absolute atomic E-state index is 0.205. The third-order valence-electron chi connectivity index (χ3n) is 5.00. The number of aromatic nitrogens is 3. The number of hydrogen-bond acceptors (Lipinski definition) is 6. The number of epoxide rings is 1. The molecule has 2 aliphatic rings. The third kappa shape index (κ3) is 3.61. The Bertz CT molecular complexity index is 941. The van der Waals surface area contributed by atoms with Crippen LogP contribution in [0.1, 0.15) is 19.3 Å². The van der Waals surface area contributed by atoms with Crippen LogP contribution in [0.2, 0.25) is 0 Å². The molecule has 3 aromatic rings. The molecule has 2 unspecified atom stereocenters. The smallest absolute Gasteiger partial charge is 0.165 e. The molecule has 0 aliphatic carbocycles. The molecule has 1 aromatic carbocycles. The molecule has 4 bridgehead atoms. The van der Waals surface area contributed by atoms with E-state index in [-0.39, 0.29) is 6.23 Å². The van der Waals surface area contributed by atoms with Gasteiger partial charge in [-0.05, 0) is 43.0 Å². The predicted molar refractivity (Wildman–Crippen MR) is 103 cm³/mol. The van der Waals surface area contributed by atoms with Crippen LogP contribution in [0.5, 0.6) is 5.75 Å². The van der Waals surface area contributed by atoms with Crippen molar-refractivity contribution in [2.45, 2.75) is 31.6 Å². The topological polar surface area (TPSA) is 76.0 Å². The lowest BCUT2D eigenvalue weighted by molar-refractivity contribution is 0.296. The van der Waals surface area contributed by atoms with Crippen molar-refractivity contribution in [3.63, 3.8) is 0 Å². The number of hydrogen-bond donors (Lipinski definition) is 2. The molecule has 2 N–H and O–H groups in total. The fourth-order valence-electron chi connectivity index (χ4n) is 3.49. The van der Waals surface area contributed by atoms with Crippen LogP contribution in [0.25, 0.3) is 16.8 Å². The predicted octanol–water partition coefficient (Wildman–Crippen LogP) is 2.69. The summed E-state index contributed by atoms with van der Waals surface area (Å²) >= 11 is 0. The number of ether oxygens (including phenoxy) is 2. The van der Waals surface area contributed by atoms with Gasteiger partial charge in [-0.3, -0.25) is 5.32 Å². The van der Waals surface area contributed by atoms with Crippen molar-refractivity contribution in [1.82, 2.24) is 19.9 Å². The largest absolute Gasteiger partial charge is 0.494 e. The average Bonchev–Trinajstić information content (AvgIpc) is 3.30. The highest BCUT2D eigenvalue weighted by Gasteiger charge is 2.37. The molecule has 0 amide bonds. The van der Waals surface area contributed by atoms with Gasteiger partial charge in [0.25, 0.3) is 0 Å². The van der Waals surface area contributed by atoms with E-state index in [1.165, 1.54) is 0 Å². The minimum Gasteiger partial charge on any atom is -0.494 e. The van der Waals surface area contributed by atoms with Gasteiger partial charge in [0.05, 0.1) is 18.9 Å². The van der Waals surface area contributed by atoms with E-state index in [2.05, 4.69) is 27.9 Å². The van der Waals surface area contributed by atoms with E-state index in [1.54, 1.807) is 4.52 Å². The molecule has 2 aliphatic heterocycles. The van der Waals surface area contributed by atoms with Crippen molar-refractivity contribution in [1.29, 1.82) is 0 Å². The number of nitrogens with zero attached hydrogens (tertiary/aromatic N) is 3. The number of benzene rings is 1. The summed E-state index contributed by atoms with van der Waals surface area (Å²) in [6.45, 7) is 2.45. The molecule has 7 heteroatoms. The van der Waals surface area contributed by atoms with Crippen molar-refractivity contribution in [2.24, 2.45) is 0 Å². The van der Waals surface area contributed by atoms with E-state index in [9.17, 15) is 0 Å². The molecule has 0 saturated carbocycles. The summed E-state index contributed by atoms with van der Waals surface area (Å²) in [5.74, 6) is 1.73. The molecule has 1 saturated heterocycles. The number of nitrogens with one attached hydrogen (secondary N) is 2. The molecule has 2 aromatic heterocycles. The lowest BCUT2D eigenvalue weighted by Crippen LogP contribution is -2.22. The molecule has 0 radical (unpaired) electrons. The first-order valence-electron chi connectivity index (χ1n) is 9.57. The van der Waals surface area contributed by atoms with Crippen LogP contribution in [-0.4, -0.2) is 46.6 Å². The van der Waals surface area contributed by atoms with E-state index in [1.807, 2.05) is 30.6 Å². The van der Waals surface area contributed by atoms with E-state index in [4.69, 9.17) is 14.5 Å². The molecule has 140 valence electrons. The Labute approximate surface area is 157 Å². The molecule has 2 atom stereocenters. The summed E-state index contributed by atoms with van der Waals surface area (Å²) in [7, 11) is 0. The maximum atomic E-state index is 5.93. The molecule has 7 nitrogen and oxygen atoms in total. The zero-order valence-electron chi connectivity index (χ0n) is 15.1. The minimum atomic E-state index is 0.205. The Kier molecular flexibility index (Phi) is 4.39. The van der Waals surface area contributed by atoms with Crippen LogP contribution in [0.3, 0.4) is 0 Å². The van der Waals surface area contributed by atoms with E-state index >= 15 is 0 Å². The van der Waals surface area contributed by atoms with Crippen molar-refractivity contribution in [3.8, 4) is 16.9 Å². The highest BCUT2D eigenvalue weighted by molar-refractivity contribution is 5.78. The summed E-state index contributed by atoms with van der Waals surface area (Å²) in [6, 6.07) is 10.1. The van der Waals surface area contributed by atoms with Crippen LogP contribution in [0.4, 0.5) is 5.82 Å². The SMILES string of the molecule is c1cc2cc(c1)-c1cnn3ccc(nc13)NCCCC1OC1NCCCO2. The monoisotopic (exact) mass is 365 g/mol. The van der Waals surface area contributed by atoms with Gasteiger partial charge in [0.2, 0.25) is 0 Å². The van der Waals surface area contributed by atoms with Crippen molar-refractivity contribution in [3.05, 3.63) is 42.7 Å². The summed E-state index contributed by atoms with van der Waals surface area (Å²) in [4.78, 5) is 4.77. The van der Waals surface area contributed by atoms with Gasteiger partial charge in [0.15, 0.2) is 5.65 Å². The van der Waals surface area contributed by atoms with Gasteiger partial charge in [-0.2, -0.15) is 5.10 Å². The Balaban J connectivity index is 1.44. The number of anilines is 1. The highest BCUT2D eigenvalue weighted by Crippen LogP contribution is 2.28. The Morgan fingerprint density at radius 2 is 2.15 bits per heavy atom. The van der Waals surface area contributed by atoms with Crippen LogP contribution in [0, 0.1) is 0 Å². The van der Waals surface area contributed by atoms with E-state index < -0.39 is 0 Å². The van der Waals surface area contributed by atoms with Crippen molar-refractivity contribution < 1.29 is 9.47 Å². The summed E-state index contributed by atoms with van der Waals surface area (Å²) in [6.07, 6.45) is 7.38. The molecule has 27 heavy (non-hydrogen) atoms. The second kappa shape index (κ2) is 7.17. The van der Waals surface area contributed by atoms with Gasteiger partial charge in [-0.25, -0.2) is 9.50 Å². The normalized spacial score (nSPS) is 23.0. The lowest BCUT2D eigenvalue weighted by atomic mass is 10.1. The van der Waals surface area contributed by atoms with E-state index in [0.717, 1.165) is 60.7 Å². The van der Waals surface area contributed by atoms with Gasteiger partial charge in [-0.15, -0.1) is 0 Å². The lowest BCUT2D eigenvalue weighted by Gasteiger charge is -2.09. The maximum Gasteiger partial charge on any atom is 0.165 e. The molecule has 1 fully saturated rings. The number of fused-ring (bicyclic) bond motifs is 5. The van der Waals surface area contributed by atoms with Crippen LogP contribution in [0.15, 0.2) is 42.7 Å². The second-order valence-corrected chi connectivity index (χ2v) is 6.99. The van der Waals surface area contributed by atoms with Gasteiger partial charge in [0, 0.05) is 24.8 Å². The van der Waals surface area contributed by atoms with Gasteiger partial charge in [0.1, 0.15) is 17.8 Å². The van der Waals surface area contributed by atoms with E-state index in [0.29, 0.717) is 12.7 Å². The van der Waals surface area contributed by atoms with Crippen LogP contribution in [-0.2, 0) is 4.74 Å². The van der Waals surface area contributed by atoms with Gasteiger partial charge in [-0.1, -0.05) is 12.1 Å². The Morgan fingerprint density at radius 3 is 3.15 bits per heavy atom. The summed E-state index contributed by atoms with van der Waals surface area (Å²) in [5.41, 5.74) is 2.90. The summed E-state index contributed by atoms with van der Waals surface area (Å²) in [5, 5.41) is 11.3. The molecule has 4 heterocycles. The van der Waals surface area contributed by atoms with Gasteiger partial charge < -0.3 is 14.8 Å². The van der Waals surface area contributed by atoms with Crippen LogP contribution >= 0.6 is 0 Å². The average molecular weight is 365 g/mol. The molecule has 5 rings (SSSR count). The third-order valence-corrected chi connectivity index (χ3v) is 5.00. The van der Waals surface area contributed by atoms with Crippen molar-refractivity contribution in [2.75, 3.05) is 25.0 Å². The number of rotatable bonds is 0. The fraction of sp³-hybridized carbons (Fsp3) is 0.400. The van der Waals surface area contributed by atoms with Gasteiger partial charge >= 0.3 is 0 Å². The zero-order chi connectivity index (χ0) is 18.1.